The van der Waals surface area contributed by atoms with Crippen molar-refractivity contribution in [2.45, 2.75) is 72.6 Å². The number of nitrogens with one attached hydrogen (secondary N) is 3. The number of hydrogen-bond acceptors (Lipinski definition) is 6. The Morgan fingerprint density at radius 3 is 2.44 bits per heavy atom. The first-order valence-electron chi connectivity index (χ1n) is 12.3. The molecule has 1 amide bonds. The van der Waals surface area contributed by atoms with Gasteiger partial charge in [-0.05, 0) is 86.5 Å². The number of piperidine rings is 1. The minimum atomic E-state index is -3.70. The first-order valence-corrected chi connectivity index (χ1v) is 14.6. The number of carbonyl (C=O) groups is 1. The lowest BCUT2D eigenvalue weighted by molar-refractivity contribution is -0.125. The number of aromatic nitrogens is 1. The van der Waals surface area contributed by atoms with Crippen molar-refractivity contribution in [3.05, 3.63) is 58.9 Å². The van der Waals surface area contributed by atoms with Gasteiger partial charge in [0.05, 0.1) is 31.0 Å². The normalized spacial score (nSPS) is 16.6. The number of carbonyl (C=O) groups excluding carboxylic acids is 1. The molecule has 0 spiro atoms. The summed E-state index contributed by atoms with van der Waals surface area (Å²) < 4.78 is 29.5. The first-order chi connectivity index (χ1) is 17.0. The van der Waals surface area contributed by atoms with Crippen LogP contribution in [0.1, 0.15) is 55.4 Å². The van der Waals surface area contributed by atoms with Crippen LogP contribution < -0.4 is 15.4 Å². The van der Waals surface area contributed by atoms with E-state index in [0.717, 1.165) is 48.1 Å². The second-order valence-corrected chi connectivity index (χ2v) is 11.8. The van der Waals surface area contributed by atoms with Gasteiger partial charge in [0.25, 0.3) is 0 Å². The monoisotopic (exact) mass is 538 g/mol. The summed E-state index contributed by atoms with van der Waals surface area (Å²) in [6, 6.07) is 7.38. The van der Waals surface area contributed by atoms with Crippen LogP contribution in [0.5, 0.6) is 0 Å². The second kappa shape index (κ2) is 14.5. The van der Waals surface area contributed by atoms with E-state index >= 15 is 0 Å². The topological polar surface area (TPSA) is 109 Å². The summed E-state index contributed by atoms with van der Waals surface area (Å²) in [7, 11) is 1.37. The van der Waals surface area contributed by atoms with Crippen molar-refractivity contribution in [3.63, 3.8) is 0 Å². The van der Waals surface area contributed by atoms with Crippen molar-refractivity contribution in [1.29, 1.82) is 0 Å². The maximum Gasteiger partial charge on any atom is 0.319 e. The van der Waals surface area contributed by atoms with Crippen LogP contribution in [0, 0.1) is 26.7 Å². The highest BCUT2D eigenvalue weighted by molar-refractivity contribution is 8.14. The largest absolute Gasteiger partial charge is 0.375 e. The molecule has 1 aliphatic heterocycles. The van der Waals surface area contributed by atoms with Gasteiger partial charge in [-0.25, -0.2) is 0 Å². The van der Waals surface area contributed by atoms with Gasteiger partial charge in [0.15, 0.2) is 0 Å². The summed E-state index contributed by atoms with van der Waals surface area (Å²) in [5.41, 5.74) is 4.77. The van der Waals surface area contributed by atoms with E-state index in [1.807, 2.05) is 32.9 Å². The fourth-order valence-corrected chi connectivity index (χ4v) is 4.45. The molecule has 3 rings (SSSR count). The molecule has 0 bridgehead atoms. The fourth-order valence-electron chi connectivity index (χ4n) is 3.78. The maximum atomic E-state index is 12.3. The zero-order valence-corrected chi connectivity index (χ0v) is 23.4. The van der Waals surface area contributed by atoms with Crippen molar-refractivity contribution < 1.29 is 17.9 Å². The number of anilines is 1. The Hall–Kier alpha value is -2.20. The van der Waals surface area contributed by atoms with Crippen LogP contribution in [0.3, 0.4) is 0 Å². The van der Waals surface area contributed by atoms with Crippen LogP contribution in [0.2, 0.25) is 0 Å². The number of ether oxygens (including phenoxy) is 1. The molecular weight excluding hydrogens is 500 g/mol. The Kier molecular flexibility index (Phi) is 12.1. The SMILES string of the molecule is CC(C)[C@@H](COCc1cccnc1)NC(=O)[C@@H]1CCCCN1.Cc1cc(NS(=O)(=O)Cl)cc(C)c1C. The predicted molar refractivity (Wildman–Crippen MR) is 145 cm³/mol. The van der Waals surface area contributed by atoms with Gasteiger partial charge in [-0.15, -0.1) is 0 Å². The van der Waals surface area contributed by atoms with Crippen molar-refractivity contribution >= 4 is 31.5 Å². The summed E-state index contributed by atoms with van der Waals surface area (Å²) >= 11 is 0. The molecule has 2 heterocycles. The average molecular weight is 539 g/mol. The van der Waals surface area contributed by atoms with Crippen LogP contribution >= 0.6 is 10.7 Å². The number of nitrogens with zero attached hydrogens (tertiary/aromatic N) is 1. The number of pyridine rings is 1. The lowest BCUT2D eigenvalue weighted by atomic mass is 10.0. The number of halogens is 1. The standard InChI is InChI=1S/C17H27N3O2.C9H12ClNO2S/c1-13(2)16(12-22-11-14-6-5-8-18-10-14)20-17(21)15-7-3-4-9-19-15;1-6-4-9(11-14(10,12)13)5-7(2)8(6)3/h5-6,8,10,13,15-16,19H,3-4,7,9,11-12H2,1-2H3,(H,20,21);4-5,11H,1-3H3/t15-,16+;/m0./s1. The molecule has 0 unspecified atom stereocenters. The smallest absolute Gasteiger partial charge is 0.319 e. The number of aryl methyl sites for hydroxylation is 2. The summed E-state index contributed by atoms with van der Waals surface area (Å²) in [5, 5.41) is 6.41. The molecule has 36 heavy (non-hydrogen) atoms. The highest BCUT2D eigenvalue weighted by Gasteiger charge is 2.24. The van der Waals surface area contributed by atoms with E-state index in [1.165, 1.54) is 0 Å². The lowest BCUT2D eigenvalue weighted by Crippen LogP contribution is -2.52. The molecule has 1 aromatic heterocycles. The van der Waals surface area contributed by atoms with Crippen LogP contribution in [0.4, 0.5) is 5.69 Å². The van der Waals surface area contributed by atoms with Crippen LogP contribution in [0.15, 0.2) is 36.7 Å². The second-order valence-electron chi connectivity index (χ2n) is 9.51. The molecular formula is C26H39ClN4O4S. The molecule has 1 saturated heterocycles. The number of hydrogen-bond donors (Lipinski definition) is 3. The highest BCUT2D eigenvalue weighted by atomic mass is 35.7. The molecule has 1 aromatic carbocycles. The van der Waals surface area contributed by atoms with E-state index in [-0.39, 0.29) is 18.0 Å². The number of amides is 1. The highest BCUT2D eigenvalue weighted by Crippen LogP contribution is 2.20. The summed E-state index contributed by atoms with van der Waals surface area (Å²) in [5.74, 6) is 0.435. The van der Waals surface area contributed by atoms with E-state index in [1.54, 1.807) is 24.5 Å². The van der Waals surface area contributed by atoms with Gasteiger partial charge in [-0.2, -0.15) is 8.42 Å². The van der Waals surface area contributed by atoms with Gasteiger partial charge < -0.3 is 15.4 Å². The van der Waals surface area contributed by atoms with Gasteiger partial charge in [0.2, 0.25) is 5.91 Å². The third-order valence-electron chi connectivity index (χ3n) is 6.21. The quantitative estimate of drug-likeness (QED) is 0.408. The van der Waals surface area contributed by atoms with Crippen LogP contribution in [0.25, 0.3) is 0 Å². The van der Waals surface area contributed by atoms with E-state index in [2.05, 4.69) is 34.2 Å². The van der Waals surface area contributed by atoms with Crippen LogP contribution in [-0.2, 0) is 25.4 Å². The first kappa shape index (κ1) is 30.0. The average Bonchev–Trinajstić information content (AvgIpc) is 2.82. The van der Waals surface area contributed by atoms with Gasteiger partial charge in [-0.1, -0.05) is 26.3 Å². The van der Waals surface area contributed by atoms with E-state index in [4.69, 9.17) is 15.4 Å². The minimum Gasteiger partial charge on any atom is -0.375 e. The van der Waals surface area contributed by atoms with Crippen LogP contribution in [-0.4, -0.2) is 44.5 Å². The minimum absolute atomic E-state index is 0.0351. The molecule has 1 aliphatic rings. The van der Waals surface area contributed by atoms with Gasteiger partial charge >= 0.3 is 9.24 Å². The van der Waals surface area contributed by atoms with Gasteiger partial charge in [0, 0.05) is 23.1 Å². The van der Waals surface area contributed by atoms with Gasteiger partial charge in [0.1, 0.15) is 0 Å². The summed E-state index contributed by atoms with van der Waals surface area (Å²) in [6.07, 6.45) is 6.75. The number of rotatable bonds is 9. The Morgan fingerprint density at radius 1 is 1.22 bits per heavy atom. The molecule has 2 aromatic rings. The fraction of sp³-hybridized carbons (Fsp3) is 0.538. The Labute approximate surface area is 220 Å². The number of benzene rings is 1. The molecule has 0 radical (unpaired) electrons. The maximum absolute atomic E-state index is 12.3. The molecule has 0 aliphatic carbocycles. The zero-order valence-electron chi connectivity index (χ0n) is 21.8. The molecule has 10 heteroatoms. The molecule has 200 valence electrons. The van der Waals surface area contributed by atoms with E-state index in [0.29, 0.717) is 24.8 Å². The van der Waals surface area contributed by atoms with E-state index in [9.17, 15) is 13.2 Å². The Morgan fingerprint density at radius 2 is 1.92 bits per heavy atom. The zero-order chi connectivity index (χ0) is 26.7. The van der Waals surface area contributed by atoms with Crippen molar-refractivity contribution in [2.24, 2.45) is 5.92 Å². The van der Waals surface area contributed by atoms with Gasteiger partial charge in [-0.3, -0.25) is 14.5 Å². The van der Waals surface area contributed by atoms with E-state index < -0.39 is 9.24 Å². The van der Waals surface area contributed by atoms with Crippen molar-refractivity contribution in [3.8, 4) is 0 Å². The Bertz CT molecular complexity index is 1050. The summed E-state index contributed by atoms with van der Waals surface area (Å²) in [4.78, 5) is 16.4. The molecule has 3 N–H and O–H groups in total. The Balaban J connectivity index is 0.000000281. The molecule has 0 saturated carbocycles. The predicted octanol–water partition coefficient (Wildman–Crippen LogP) is 4.39. The lowest BCUT2D eigenvalue weighted by Gasteiger charge is -2.27. The van der Waals surface area contributed by atoms with Crippen molar-refractivity contribution in [2.75, 3.05) is 17.9 Å². The third-order valence-corrected chi connectivity index (χ3v) is 6.93. The third kappa shape index (κ3) is 10.8. The molecule has 1 fully saturated rings. The molecule has 8 nitrogen and oxygen atoms in total. The van der Waals surface area contributed by atoms with Crippen molar-refractivity contribution in [1.82, 2.24) is 15.6 Å². The summed E-state index contributed by atoms with van der Waals surface area (Å²) in [6.45, 7) is 12.0. The molecule has 2 atom stereocenters.